The van der Waals surface area contributed by atoms with Gasteiger partial charge < -0.3 is 19.2 Å². The summed E-state index contributed by atoms with van der Waals surface area (Å²) < 4.78 is 16.2. The number of methoxy groups -OCH3 is 1. The summed E-state index contributed by atoms with van der Waals surface area (Å²) in [5, 5.41) is 10.6. The van der Waals surface area contributed by atoms with Crippen LogP contribution in [0, 0.1) is 6.92 Å². The van der Waals surface area contributed by atoms with Gasteiger partial charge in [-0.05, 0) is 42.8 Å². The van der Waals surface area contributed by atoms with Crippen LogP contribution >= 0.6 is 0 Å². The zero-order chi connectivity index (χ0) is 18.4. The zero-order valence-electron chi connectivity index (χ0n) is 14.6. The number of aromatic nitrogens is 2. The maximum Gasteiger partial charge on any atom is 0.258 e. The molecular formula is C19H19N3O4. The molecule has 0 aliphatic rings. The Hall–Kier alpha value is -3.35. The van der Waals surface area contributed by atoms with Gasteiger partial charge in [0.15, 0.2) is 6.61 Å². The number of nitrogens with one attached hydrogen (secondary N) is 1. The van der Waals surface area contributed by atoms with E-state index in [-0.39, 0.29) is 19.1 Å². The van der Waals surface area contributed by atoms with Crippen LogP contribution in [0.15, 0.2) is 52.9 Å². The highest BCUT2D eigenvalue weighted by Gasteiger charge is 2.11. The van der Waals surface area contributed by atoms with Crippen molar-refractivity contribution in [1.29, 1.82) is 0 Å². The van der Waals surface area contributed by atoms with Crippen molar-refractivity contribution in [2.75, 3.05) is 13.7 Å². The molecule has 0 atom stereocenters. The van der Waals surface area contributed by atoms with Gasteiger partial charge in [-0.15, -0.1) is 10.2 Å². The van der Waals surface area contributed by atoms with E-state index in [1.54, 1.807) is 19.2 Å². The molecule has 1 N–H and O–H groups in total. The minimum atomic E-state index is -0.271. The molecule has 0 aliphatic carbocycles. The molecule has 0 fully saturated rings. The van der Waals surface area contributed by atoms with Crippen molar-refractivity contribution in [2.45, 2.75) is 13.5 Å². The van der Waals surface area contributed by atoms with Crippen LogP contribution in [0.2, 0.25) is 0 Å². The van der Waals surface area contributed by atoms with Crippen LogP contribution in [-0.2, 0) is 11.3 Å². The van der Waals surface area contributed by atoms with Gasteiger partial charge in [0.05, 0.1) is 13.7 Å². The predicted molar refractivity (Wildman–Crippen MR) is 94.8 cm³/mol. The number of nitrogens with zero attached hydrogens (tertiary/aromatic N) is 2. The SMILES string of the molecule is COc1cccc(-c2nnc(CNC(=O)COc3cccc(C)c3)o2)c1. The van der Waals surface area contributed by atoms with Gasteiger partial charge in [-0.25, -0.2) is 0 Å². The first-order chi connectivity index (χ1) is 12.6. The number of hydrogen-bond acceptors (Lipinski definition) is 6. The smallest absolute Gasteiger partial charge is 0.258 e. The average molecular weight is 353 g/mol. The summed E-state index contributed by atoms with van der Waals surface area (Å²) in [5.41, 5.74) is 1.82. The molecule has 0 saturated heterocycles. The molecule has 26 heavy (non-hydrogen) atoms. The monoisotopic (exact) mass is 353 g/mol. The summed E-state index contributed by atoms with van der Waals surface area (Å²) in [6.07, 6.45) is 0. The van der Waals surface area contributed by atoms with Crippen LogP contribution in [0.5, 0.6) is 11.5 Å². The van der Waals surface area contributed by atoms with Gasteiger partial charge in [-0.2, -0.15) is 0 Å². The maximum atomic E-state index is 11.9. The molecule has 7 nitrogen and oxygen atoms in total. The zero-order valence-corrected chi connectivity index (χ0v) is 14.6. The lowest BCUT2D eigenvalue weighted by molar-refractivity contribution is -0.123. The molecule has 1 amide bonds. The van der Waals surface area contributed by atoms with Crippen molar-refractivity contribution < 1.29 is 18.7 Å². The van der Waals surface area contributed by atoms with Crippen molar-refractivity contribution in [3.05, 3.63) is 60.0 Å². The first-order valence-electron chi connectivity index (χ1n) is 8.07. The van der Waals surface area contributed by atoms with Gasteiger partial charge in [-0.3, -0.25) is 4.79 Å². The Morgan fingerprint density at radius 2 is 1.92 bits per heavy atom. The fourth-order valence-electron chi connectivity index (χ4n) is 2.28. The standard InChI is InChI=1S/C19H19N3O4/c1-13-5-3-8-16(9-13)25-12-17(23)20-11-18-21-22-19(26-18)14-6-4-7-15(10-14)24-2/h3-10H,11-12H2,1-2H3,(H,20,23). The molecule has 1 aromatic heterocycles. The molecule has 134 valence electrons. The lowest BCUT2D eigenvalue weighted by atomic mass is 10.2. The van der Waals surface area contributed by atoms with Crippen molar-refractivity contribution in [3.63, 3.8) is 0 Å². The number of ether oxygens (including phenoxy) is 2. The predicted octanol–water partition coefficient (Wildman–Crippen LogP) is 2.75. The number of rotatable bonds is 7. The van der Waals surface area contributed by atoms with Crippen LogP contribution in [0.1, 0.15) is 11.5 Å². The molecule has 3 aromatic rings. The maximum absolute atomic E-state index is 11.9. The van der Waals surface area contributed by atoms with E-state index in [9.17, 15) is 4.79 Å². The number of amides is 1. The Bertz CT molecular complexity index is 892. The molecule has 0 unspecified atom stereocenters. The molecular weight excluding hydrogens is 334 g/mol. The third-order valence-corrected chi connectivity index (χ3v) is 3.58. The Morgan fingerprint density at radius 1 is 1.12 bits per heavy atom. The first-order valence-corrected chi connectivity index (χ1v) is 8.07. The van der Waals surface area contributed by atoms with Crippen molar-refractivity contribution in [3.8, 4) is 23.0 Å². The van der Waals surface area contributed by atoms with E-state index in [0.29, 0.717) is 23.3 Å². The van der Waals surface area contributed by atoms with Crippen LogP contribution < -0.4 is 14.8 Å². The number of benzene rings is 2. The summed E-state index contributed by atoms with van der Waals surface area (Å²) >= 11 is 0. The van der Waals surface area contributed by atoms with Crippen LogP contribution in [0.3, 0.4) is 0 Å². The fraction of sp³-hybridized carbons (Fsp3) is 0.211. The van der Waals surface area contributed by atoms with Crippen molar-refractivity contribution in [2.24, 2.45) is 0 Å². The van der Waals surface area contributed by atoms with E-state index >= 15 is 0 Å². The van der Waals surface area contributed by atoms with Crippen LogP contribution in [0.4, 0.5) is 0 Å². The molecule has 1 heterocycles. The summed E-state index contributed by atoms with van der Waals surface area (Å²) in [4.78, 5) is 11.9. The lowest BCUT2D eigenvalue weighted by Gasteiger charge is -2.06. The number of hydrogen-bond donors (Lipinski definition) is 1. The Balaban J connectivity index is 1.52. The van der Waals surface area contributed by atoms with E-state index in [0.717, 1.165) is 11.1 Å². The van der Waals surface area contributed by atoms with Gasteiger partial charge in [0.1, 0.15) is 11.5 Å². The minimum Gasteiger partial charge on any atom is -0.497 e. The third-order valence-electron chi connectivity index (χ3n) is 3.58. The highest BCUT2D eigenvalue weighted by molar-refractivity contribution is 5.77. The van der Waals surface area contributed by atoms with Gasteiger partial charge >= 0.3 is 0 Å². The highest BCUT2D eigenvalue weighted by atomic mass is 16.5. The third kappa shape index (κ3) is 4.60. The van der Waals surface area contributed by atoms with Crippen LogP contribution in [-0.4, -0.2) is 29.8 Å². The van der Waals surface area contributed by atoms with E-state index in [1.807, 2.05) is 43.3 Å². The first kappa shape index (κ1) is 17.5. The summed E-state index contributed by atoms with van der Waals surface area (Å²) in [6, 6.07) is 14.8. The fourth-order valence-corrected chi connectivity index (χ4v) is 2.28. The van der Waals surface area contributed by atoms with Gasteiger partial charge in [0.2, 0.25) is 11.8 Å². The lowest BCUT2D eigenvalue weighted by Crippen LogP contribution is -2.28. The van der Waals surface area contributed by atoms with Crippen LogP contribution in [0.25, 0.3) is 11.5 Å². The number of aryl methyl sites for hydroxylation is 1. The minimum absolute atomic E-state index is 0.0830. The van der Waals surface area contributed by atoms with Crippen molar-refractivity contribution >= 4 is 5.91 Å². The second-order valence-electron chi connectivity index (χ2n) is 5.61. The molecule has 7 heteroatoms. The van der Waals surface area contributed by atoms with Gasteiger partial charge in [0.25, 0.3) is 5.91 Å². The van der Waals surface area contributed by atoms with E-state index < -0.39 is 0 Å². The van der Waals surface area contributed by atoms with E-state index in [4.69, 9.17) is 13.9 Å². The normalized spacial score (nSPS) is 10.4. The van der Waals surface area contributed by atoms with Gasteiger partial charge in [0, 0.05) is 5.56 Å². The van der Waals surface area contributed by atoms with E-state index in [2.05, 4.69) is 15.5 Å². The summed E-state index contributed by atoms with van der Waals surface area (Å²) in [6.45, 7) is 2.01. The second-order valence-corrected chi connectivity index (χ2v) is 5.61. The number of carbonyl (C=O) groups is 1. The second kappa shape index (κ2) is 8.15. The topological polar surface area (TPSA) is 86.5 Å². The molecule has 0 saturated carbocycles. The summed E-state index contributed by atoms with van der Waals surface area (Å²) in [5.74, 6) is 1.76. The van der Waals surface area contributed by atoms with Crippen molar-refractivity contribution in [1.82, 2.24) is 15.5 Å². The molecule has 0 spiro atoms. The molecule has 3 rings (SSSR count). The highest BCUT2D eigenvalue weighted by Crippen LogP contribution is 2.22. The Labute approximate surface area is 151 Å². The Kier molecular flexibility index (Phi) is 5.48. The quantitative estimate of drug-likeness (QED) is 0.703. The molecule has 0 bridgehead atoms. The molecule has 0 radical (unpaired) electrons. The summed E-state index contributed by atoms with van der Waals surface area (Å²) in [7, 11) is 1.59. The average Bonchev–Trinajstić information content (AvgIpc) is 3.14. The van der Waals surface area contributed by atoms with E-state index in [1.165, 1.54) is 0 Å². The van der Waals surface area contributed by atoms with Gasteiger partial charge in [-0.1, -0.05) is 18.2 Å². The largest absolute Gasteiger partial charge is 0.497 e. The number of carbonyl (C=O) groups excluding carboxylic acids is 1. The Morgan fingerprint density at radius 3 is 2.73 bits per heavy atom. The molecule has 2 aromatic carbocycles. The molecule has 0 aliphatic heterocycles.